The maximum atomic E-state index is 11.7. The third-order valence-electron chi connectivity index (χ3n) is 3.73. The zero-order valence-electron chi connectivity index (χ0n) is 15.7. The monoisotopic (exact) mass is 516 g/mol. The summed E-state index contributed by atoms with van der Waals surface area (Å²) in [4.78, 5) is 4.49. The van der Waals surface area contributed by atoms with Crippen LogP contribution < -0.4 is 10.6 Å². The molecule has 9 heteroatoms. The Kier molecular flexibility index (Phi) is 13.3. The first kappa shape index (κ1) is 25.4. The van der Waals surface area contributed by atoms with Gasteiger partial charge in [-0.3, -0.25) is 4.99 Å². The van der Waals surface area contributed by atoms with E-state index in [2.05, 4.69) is 15.6 Å². The lowest BCUT2D eigenvalue weighted by atomic mass is 10.1. The second-order valence-electron chi connectivity index (χ2n) is 5.60. The first-order valence-corrected chi connectivity index (χ1v) is 10.6. The minimum atomic E-state index is -3.12. The largest absolute Gasteiger partial charge is 0.357 e. The second-order valence-corrected chi connectivity index (χ2v) is 8.38. The van der Waals surface area contributed by atoms with Gasteiger partial charge in [0, 0.05) is 38.2 Å². The van der Waals surface area contributed by atoms with E-state index in [1.807, 2.05) is 31.2 Å². The predicted octanol–water partition coefficient (Wildman–Crippen LogP) is 2.73. The molecule has 0 aliphatic heterocycles. The van der Waals surface area contributed by atoms with Crippen molar-refractivity contribution >= 4 is 51.6 Å². The summed E-state index contributed by atoms with van der Waals surface area (Å²) in [6, 6.07) is 7.79. The summed E-state index contributed by atoms with van der Waals surface area (Å²) in [5, 5.41) is 7.23. The molecule has 0 saturated carbocycles. The van der Waals surface area contributed by atoms with E-state index in [1.54, 1.807) is 14.0 Å². The van der Waals surface area contributed by atoms with E-state index in [0.717, 1.165) is 36.1 Å². The number of rotatable bonds is 10. The Bertz CT molecular complexity index is 656. The Morgan fingerprint density at radius 1 is 1.23 bits per heavy atom. The van der Waals surface area contributed by atoms with Crippen LogP contribution in [0, 0.1) is 0 Å². The Hall–Kier alpha value is -0.580. The molecule has 0 bridgehead atoms. The van der Waals surface area contributed by atoms with Crippen molar-refractivity contribution in [1.82, 2.24) is 14.9 Å². The minimum Gasteiger partial charge on any atom is -0.357 e. The summed E-state index contributed by atoms with van der Waals surface area (Å²) in [5.41, 5.74) is 1.10. The zero-order valence-corrected chi connectivity index (χ0v) is 19.6. The number of hydrogen-bond acceptors (Lipinski definition) is 3. The third kappa shape index (κ3) is 9.38. The average molecular weight is 517 g/mol. The van der Waals surface area contributed by atoms with Gasteiger partial charge in [0.05, 0.1) is 5.75 Å². The van der Waals surface area contributed by atoms with Gasteiger partial charge in [-0.25, -0.2) is 12.7 Å². The van der Waals surface area contributed by atoms with Crippen LogP contribution in [-0.2, 0) is 16.4 Å². The van der Waals surface area contributed by atoms with Gasteiger partial charge in [0.1, 0.15) is 0 Å². The molecular weight excluding hydrogens is 487 g/mol. The lowest BCUT2D eigenvalue weighted by Crippen LogP contribution is -2.38. The van der Waals surface area contributed by atoms with Gasteiger partial charge in [-0.05, 0) is 38.3 Å². The van der Waals surface area contributed by atoms with E-state index >= 15 is 0 Å². The lowest BCUT2D eigenvalue weighted by molar-refractivity contribution is 0.465. The summed E-state index contributed by atoms with van der Waals surface area (Å²) >= 11 is 6.15. The second kappa shape index (κ2) is 13.6. The fourth-order valence-corrected chi connectivity index (χ4v) is 3.28. The zero-order chi connectivity index (χ0) is 18.7. The molecule has 0 aliphatic rings. The number of benzene rings is 1. The SMILES string of the molecule is CCNC(=NCCCN(C)S(=O)(=O)CC)NCCc1ccccc1Cl.I. The van der Waals surface area contributed by atoms with Crippen LogP contribution in [0.5, 0.6) is 0 Å². The van der Waals surface area contributed by atoms with Gasteiger partial charge in [-0.2, -0.15) is 0 Å². The number of sulfonamides is 1. The smallest absolute Gasteiger partial charge is 0.213 e. The lowest BCUT2D eigenvalue weighted by Gasteiger charge is -2.15. The first-order chi connectivity index (χ1) is 11.9. The molecule has 0 spiro atoms. The Balaban J connectivity index is 0.00000625. The van der Waals surface area contributed by atoms with Crippen molar-refractivity contribution in [1.29, 1.82) is 0 Å². The first-order valence-electron chi connectivity index (χ1n) is 8.60. The molecule has 0 heterocycles. The quantitative estimate of drug-likeness (QED) is 0.217. The normalized spacial score (nSPS) is 12.0. The summed E-state index contributed by atoms with van der Waals surface area (Å²) in [7, 11) is -1.51. The molecule has 1 aromatic rings. The summed E-state index contributed by atoms with van der Waals surface area (Å²) in [6.45, 7) is 6.18. The van der Waals surface area contributed by atoms with Crippen LogP contribution in [0.15, 0.2) is 29.3 Å². The fourth-order valence-electron chi connectivity index (χ4n) is 2.20. The minimum absolute atomic E-state index is 0. The van der Waals surface area contributed by atoms with Gasteiger partial charge < -0.3 is 10.6 Å². The van der Waals surface area contributed by atoms with E-state index in [0.29, 0.717) is 19.5 Å². The van der Waals surface area contributed by atoms with Crippen LogP contribution in [0.3, 0.4) is 0 Å². The van der Waals surface area contributed by atoms with Crippen molar-refractivity contribution in [3.63, 3.8) is 0 Å². The molecule has 0 saturated heterocycles. The highest BCUT2D eigenvalue weighted by molar-refractivity contribution is 14.0. The van der Waals surface area contributed by atoms with E-state index in [9.17, 15) is 8.42 Å². The molecule has 0 atom stereocenters. The number of nitrogens with zero attached hydrogens (tertiary/aromatic N) is 2. The van der Waals surface area contributed by atoms with Gasteiger partial charge >= 0.3 is 0 Å². The summed E-state index contributed by atoms with van der Waals surface area (Å²) < 4.78 is 24.8. The number of halogens is 2. The Morgan fingerprint density at radius 3 is 2.54 bits per heavy atom. The highest BCUT2D eigenvalue weighted by atomic mass is 127. The number of aliphatic imine (C=N–C) groups is 1. The standard InChI is InChI=1S/C17H29ClN4O2S.HI/c1-4-19-17(20-12-8-14-22(3)25(23,24)5-2)21-13-11-15-9-6-7-10-16(15)18;/h6-7,9-10H,4-5,8,11-14H2,1-3H3,(H2,19,20,21);1H. The maximum absolute atomic E-state index is 11.7. The van der Waals surface area contributed by atoms with Gasteiger partial charge in [0.25, 0.3) is 0 Å². The molecule has 0 unspecified atom stereocenters. The van der Waals surface area contributed by atoms with Gasteiger partial charge in [0.2, 0.25) is 10.0 Å². The average Bonchev–Trinajstić information content (AvgIpc) is 2.59. The van der Waals surface area contributed by atoms with Crippen molar-refractivity contribution < 1.29 is 8.42 Å². The molecule has 0 fully saturated rings. The van der Waals surface area contributed by atoms with Crippen LogP contribution in [0.1, 0.15) is 25.8 Å². The maximum Gasteiger partial charge on any atom is 0.213 e. The molecule has 0 radical (unpaired) electrons. The van der Waals surface area contributed by atoms with Crippen LogP contribution in [-0.4, -0.2) is 57.7 Å². The van der Waals surface area contributed by atoms with Crippen LogP contribution in [0.2, 0.25) is 5.02 Å². The van der Waals surface area contributed by atoms with E-state index in [-0.39, 0.29) is 29.7 Å². The molecule has 150 valence electrons. The van der Waals surface area contributed by atoms with Gasteiger partial charge in [-0.15, -0.1) is 24.0 Å². The number of guanidine groups is 1. The highest BCUT2D eigenvalue weighted by Crippen LogP contribution is 2.14. The molecule has 0 amide bonds. The fraction of sp³-hybridized carbons (Fsp3) is 0.588. The molecular formula is C17H30ClIN4O2S. The predicted molar refractivity (Wildman–Crippen MR) is 121 cm³/mol. The van der Waals surface area contributed by atoms with E-state index in [1.165, 1.54) is 4.31 Å². The van der Waals surface area contributed by atoms with Gasteiger partial charge in [0.15, 0.2) is 5.96 Å². The summed E-state index contributed by atoms with van der Waals surface area (Å²) in [6.07, 6.45) is 1.48. The van der Waals surface area contributed by atoms with Crippen molar-refractivity contribution in [2.75, 3.05) is 39.0 Å². The number of nitrogens with one attached hydrogen (secondary N) is 2. The molecule has 6 nitrogen and oxygen atoms in total. The molecule has 1 aromatic carbocycles. The van der Waals surface area contributed by atoms with Crippen LogP contribution in [0.4, 0.5) is 0 Å². The number of hydrogen-bond donors (Lipinski definition) is 2. The molecule has 0 aliphatic carbocycles. The van der Waals surface area contributed by atoms with Gasteiger partial charge in [-0.1, -0.05) is 29.8 Å². The third-order valence-corrected chi connectivity index (χ3v) is 5.96. The topological polar surface area (TPSA) is 73.8 Å². The van der Waals surface area contributed by atoms with Crippen molar-refractivity contribution in [2.45, 2.75) is 26.7 Å². The molecule has 26 heavy (non-hydrogen) atoms. The van der Waals surface area contributed by atoms with E-state index < -0.39 is 10.0 Å². The highest BCUT2D eigenvalue weighted by Gasteiger charge is 2.13. The molecule has 0 aromatic heterocycles. The summed E-state index contributed by atoms with van der Waals surface area (Å²) in [5.74, 6) is 0.856. The van der Waals surface area contributed by atoms with Crippen molar-refractivity contribution in [3.8, 4) is 0 Å². The van der Waals surface area contributed by atoms with Crippen molar-refractivity contribution in [2.24, 2.45) is 4.99 Å². The molecule has 2 N–H and O–H groups in total. The van der Waals surface area contributed by atoms with E-state index in [4.69, 9.17) is 11.6 Å². The Morgan fingerprint density at radius 2 is 1.92 bits per heavy atom. The van der Waals surface area contributed by atoms with Crippen molar-refractivity contribution in [3.05, 3.63) is 34.9 Å². The van der Waals surface area contributed by atoms with Crippen LogP contribution >= 0.6 is 35.6 Å². The molecule has 1 rings (SSSR count). The van der Waals surface area contributed by atoms with Crippen LogP contribution in [0.25, 0.3) is 0 Å². The Labute approximate surface area is 179 Å².